The quantitative estimate of drug-likeness (QED) is 0.737. The predicted molar refractivity (Wildman–Crippen MR) is 76.1 cm³/mol. The Morgan fingerprint density at radius 3 is 2.53 bits per heavy atom. The average Bonchev–Trinajstić information content (AvgIpc) is 2.75. The summed E-state index contributed by atoms with van der Waals surface area (Å²) >= 11 is 8.24. The van der Waals surface area contributed by atoms with Gasteiger partial charge in [-0.2, -0.15) is 11.3 Å². The van der Waals surface area contributed by atoms with Gasteiger partial charge in [-0.3, -0.25) is 4.79 Å². The monoisotopic (exact) mass is 374 g/mol. The lowest BCUT2D eigenvalue weighted by atomic mass is 10.1. The maximum Gasteiger partial charge on any atom is 0.196 e. The van der Waals surface area contributed by atoms with E-state index >= 15 is 0 Å². The summed E-state index contributed by atoms with van der Waals surface area (Å²) < 4.78 is 6.71. The number of carbonyl (C=O) groups is 1. The molecule has 0 fully saturated rings. The molecule has 1 aromatic carbocycles. The Morgan fingerprint density at radius 2 is 1.94 bits per heavy atom. The zero-order valence-electron chi connectivity index (χ0n) is 8.87. The van der Waals surface area contributed by atoms with Crippen molar-refractivity contribution < 1.29 is 9.53 Å². The van der Waals surface area contributed by atoms with Crippen LogP contribution in [0.3, 0.4) is 0 Å². The third-order valence-corrected chi connectivity index (χ3v) is 4.67. The van der Waals surface area contributed by atoms with E-state index in [4.69, 9.17) is 4.74 Å². The Hall–Kier alpha value is -0.650. The van der Waals surface area contributed by atoms with Gasteiger partial charge in [0.05, 0.1) is 7.11 Å². The van der Waals surface area contributed by atoms with Crippen molar-refractivity contribution in [3.8, 4) is 5.75 Å². The maximum absolute atomic E-state index is 12.3. The van der Waals surface area contributed by atoms with Gasteiger partial charge in [0, 0.05) is 30.8 Å². The van der Waals surface area contributed by atoms with E-state index in [9.17, 15) is 4.79 Å². The van der Waals surface area contributed by atoms with E-state index in [1.165, 1.54) is 11.3 Å². The molecule has 2 aromatic rings. The van der Waals surface area contributed by atoms with Gasteiger partial charge in [0.25, 0.3) is 0 Å². The summed E-state index contributed by atoms with van der Waals surface area (Å²) in [5, 5.41) is 3.72. The topological polar surface area (TPSA) is 26.3 Å². The van der Waals surface area contributed by atoms with Crippen LogP contribution in [0.2, 0.25) is 0 Å². The van der Waals surface area contributed by atoms with Crippen molar-refractivity contribution in [3.63, 3.8) is 0 Å². The van der Waals surface area contributed by atoms with E-state index < -0.39 is 0 Å². The Bertz CT molecular complexity index is 563. The van der Waals surface area contributed by atoms with Crippen LogP contribution in [0.1, 0.15) is 15.9 Å². The maximum atomic E-state index is 12.3. The van der Waals surface area contributed by atoms with Gasteiger partial charge in [-0.25, -0.2) is 0 Å². The molecule has 0 bridgehead atoms. The Balaban J connectivity index is 2.47. The lowest BCUT2D eigenvalue weighted by Gasteiger charge is -2.06. The van der Waals surface area contributed by atoms with Crippen LogP contribution in [-0.2, 0) is 0 Å². The minimum absolute atomic E-state index is 0.0242. The zero-order chi connectivity index (χ0) is 12.4. The van der Waals surface area contributed by atoms with Gasteiger partial charge in [-0.05, 0) is 34.1 Å². The van der Waals surface area contributed by atoms with Crippen molar-refractivity contribution >= 4 is 49.0 Å². The van der Waals surface area contributed by atoms with Crippen LogP contribution < -0.4 is 4.74 Å². The first-order valence-electron chi connectivity index (χ1n) is 4.73. The highest BCUT2D eigenvalue weighted by Crippen LogP contribution is 2.29. The van der Waals surface area contributed by atoms with Crippen LogP contribution in [0.5, 0.6) is 5.75 Å². The van der Waals surface area contributed by atoms with E-state index in [0.29, 0.717) is 16.9 Å². The summed E-state index contributed by atoms with van der Waals surface area (Å²) in [6.45, 7) is 0. The molecule has 0 spiro atoms. The van der Waals surface area contributed by atoms with Gasteiger partial charge in [0.2, 0.25) is 0 Å². The van der Waals surface area contributed by atoms with Gasteiger partial charge in [0.15, 0.2) is 5.78 Å². The Kier molecular flexibility index (Phi) is 4.01. The first-order valence-corrected chi connectivity index (χ1v) is 7.26. The SMILES string of the molecule is COc1ccc(Br)c(C(=O)c2cscc2Br)c1. The van der Waals surface area contributed by atoms with Gasteiger partial charge in [-0.15, -0.1) is 0 Å². The molecule has 0 aliphatic rings. The predicted octanol–water partition coefficient (Wildman–Crippen LogP) is 4.51. The zero-order valence-corrected chi connectivity index (χ0v) is 12.9. The second kappa shape index (κ2) is 5.33. The Morgan fingerprint density at radius 1 is 1.18 bits per heavy atom. The largest absolute Gasteiger partial charge is 0.497 e. The molecule has 2 nitrogen and oxygen atoms in total. The number of thiophene rings is 1. The lowest BCUT2D eigenvalue weighted by molar-refractivity contribution is 0.103. The molecule has 0 amide bonds. The van der Waals surface area contributed by atoms with E-state index in [0.717, 1.165) is 8.95 Å². The molecular weight excluding hydrogens is 368 g/mol. The number of ketones is 1. The van der Waals surface area contributed by atoms with E-state index in [1.807, 2.05) is 22.9 Å². The second-order valence-electron chi connectivity index (χ2n) is 3.31. The fourth-order valence-corrected chi connectivity index (χ4v) is 3.28. The van der Waals surface area contributed by atoms with Gasteiger partial charge in [0.1, 0.15) is 5.75 Å². The Labute approximate surface area is 120 Å². The number of carbonyl (C=O) groups excluding carboxylic acids is 1. The third-order valence-electron chi connectivity index (χ3n) is 2.28. The summed E-state index contributed by atoms with van der Waals surface area (Å²) in [6, 6.07) is 5.35. The van der Waals surface area contributed by atoms with Crippen molar-refractivity contribution in [1.82, 2.24) is 0 Å². The van der Waals surface area contributed by atoms with Crippen molar-refractivity contribution in [2.75, 3.05) is 7.11 Å². The number of hydrogen-bond acceptors (Lipinski definition) is 3. The molecule has 1 aromatic heterocycles. The summed E-state index contributed by atoms with van der Waals surface area (Å²) in [4.78, 5) is 12.3. The van der Waals surface area contributed by atoms with Gasteiger partial charge < -0.3 is 4.74 Å². The van der Waals surface area contributed by atoms with Crippen molar-refractivity contribution in [2.45, 2.75) is 0 Å². The molecule has 0 saturated carbocycles. The van der Waals surface area contributed by atoms with Crippen LogP contribution in [0, 0.1) is 0 Å². The molecule has 1 heterocycles. The van der Waals surface area contributed by atoms with Crippen LogP contribution >= 0.6 is 43.2 Å². The van der Waals surface area contributed by atoms with Crippen LogP contribution in [0.15, 0.2) is 37.9 Å². The number of methoxy groups -OCH3 is 1. The fourth-order valence-electron chi connectivity index (χ4n) is 1.39. The van der Waals surface area contributed by atoms with Gasteiger partial charge >= 0.3 is 0 Å². The highest BCUT2D eigenvalue weighted by Gasteiger charge is 2.16. The third kappa shape index (κ3) is 2.61. The highest BCUT2D eigenvalue weighted by molar-refractivity contribution is 9.11. The first-order chi connectivity index (χ1) is 8.13. The van der Waals surface area contributed by atoms with E-state index in [1.54, 1.807) is 13.2 Å². The molecule has 0 aliphatic heterocycles. The van der Waals surface area contributed by atoms with E-state index in [-0.39, 0.29) is 5.78 Å². The number of hydrogen-bond donors (Lipinski definition) is 0. The molecule has 0 radical (unpaired) electrons. The van der Waals surface area contributed by atoms with Crippen LogP contribution in [-0.4, -0.2) is 12.9 Å². The molecule has 2 rings (SSSR count). The molecular formula is C12H8Br2O2S. The summed E-state index contributed by atoms with van der Waals surface area (Å²) in [5.41, 5.74) is 1.27. The molecule has 0 N–H and O–H groups in total. The fraction of sp³-hybridized carbons (Fsp3) is 0.0833. The molecule has 88 valence electrons. The number of benzene rings is 1. The van der Waals surface area contributed by atoms with Gasteiger partial charge in [-0.1, -0.05) is 15.9 Å². The standard InChI is InChI=1S/C12H8Br2O2S/c1-16-7-2-3-10(13)8(4-7)12(15)9-5-17-6-11(9)14/h2-6H,1H3. The number of ether oxygens (including phenoxy) is 1. The molecule has 0 unspecified atom stereocenters. The number of rotatable bonds is 3. The molecule has 0 atom stereocenters. The van der Waals surface area contributed by atoms with Crippen LogP contribution in [0.4, 0.5) is 0 Å². The summed E-state index contributed by atoms with van der Waals surface area (Å²) in [6.07, 6.45) is 0. The highest BCUT2D eigenvalue weighted by atomic mass is 79.9. The molecule has 0 saturated heterocycles. The summed E-state index contributed by atoms with van der Waals surface area (Å²) in [5.74, 6) is 0.645. The van der Waals surface area contributed by atoms with Crippen LogP contribution in [0.25, 0.3) is 0 Å². The van der Waals surface area contributed by atoms with E-state index in [2.05, 4.69) is 31.9 Å². The normalized spacial score (nSPS) is 10.3. The molecule has 5 heteroatoms. The summed E-state index contributed by atoms with van der Waals surface area (Å²) in [7, 11) is 1.58. The lowest BCUT2D eigenvalue weighted by Crippen LogP contribution is -2.02. The first kappa shape index (κ1) is 12.8. The van der Waals surface area contributed by atoms with Crippen molar-refractivity contribution in [2.24, 2.45) is 0 Å². The van der Waals surface area contributed by atoms with Crippen molar-refractivity contribution in [1.29, 1.82) is 0 Å². The smallest absolute Gasteiger partial charge is 0.196 e. The second-order valence-corrected chi connectivity index (χ2v) is 5.76. The molecule has 0 aliphatic carbocycles. The minimum atomic E-state index is -0.0242. The van der Waals surface area contributed by atoms with Crippen molar-refractivity contribution in [3.05, 3.63) is 49.0 Å². The average molecular weight is 376 g/mol. The number of halogens is 2. The minimum Gasteiger partial charge on any atom is -0.497 e. The molecule has 17 heavy (non-hydrogen) atoms.